The van der Waals surface area contributed by atoms with Crippen molar-refractivity contribution >= 4 is 56.5 Å². The van der Waals surface area contributed by atoms with Crippen LogP contribution in [0.3, 0.4) is 0 Å². The molecule has 1 saturated heterocycles. The van der Waals surface area contributed by atoms with E-state index in [0.717, 1.165) is 38.6 Å². The Hall–Kier alpha value is -4.61. The van der Waals surface area contributed by atoms with E-state index < -0.39 is 40.7 Å². The maximum atomic E-state index is 15.2. The molecule has 1 amide bonds. The standard InChI is InChI=1S/C31H21F2N3O4S2/c1-40-24-14-13-18(15-23(24)33)27(37)25-26(21-11-4-5-12-22(21)32)36(29(39)28(25)38)30-34-35-31(42-30)41-16-19-9-6-8-17-7-2-3-10-20(17)19/h2-15,26,37H,16H2,1H3. The molecule has 1 aliphatic rings. The van der Waals surface area contributed by atoms with Gasteiger partial charge in [-0.2, -0.15) is 0 Å². The SMILES string of the molecule is COc1ccc(C(O)=C2C(=O)C(=O)N(c3nnc(SCc4cccc5ccccc45)s3)C2c2ccccc2F)cc1F. The second kappa shape index (κ2) is 11.3. The third kappa shape index (κ3) is 4.90. The summed E-state index contributed by atoms with van der Waals surface area (Å²) in [6.45, 7) is 0. The van der Waals surface area contributed by atoms with Gasteiger partial charge in [-0.05, 0) is 40.6 Å². The molecule has 1 atom stereocenters. The van der Waals surface area contributed by atoms with Gasteiger partial charge in [0.25, 0.3) is 5.78 Å². The van der Waals surface area contributed by atoms with Gasteiger partial charge in [0, 0.05) is 16.9 Å². The molecule has 1 aromatic heterocycles. The molecule has 4 aromatic carbocycles. The van der Waals surface area contributed by atoms with Gasteiger partial charge in [-0.25, -0.2) is 8.78 Å². The van der Waals surface area contributed by atoms with Gasteiger partial charge in [0.2, 0.25) is 5.13 Å². The van der Waals surface area contributed by atoms with Crippen molar-refractivity contribution in [3.05, 3.63) is 119 Å². The van der Waals surface area contributed by atoms with E-state index in [9.17, 15) is 19.1 Å². The Balaban J connectivity index is 1.38. The fourth-order valence-electron chi connectivity index (χ4n) is 4.91. The smallest absolute Gasteiger partial charge is 0.301 e. The summed E-state index contributed by atoms with van der Waals surface area (Å²) in [4.78, 5) is 27.8. The number of ketones is 1. The van der Waals surface area contributed by atoms with Gasteiger partial charge in [0.1, 0.15) is 17.6 Å². The maximum absolute atomic E-state index is 15.2. The fraction of sp³-hybridized carbons (Fsp3) is 0.0968. The Bertz CT molecular complexity index is 1890. The number of carbonyl (C=O) groups excluding carboxylic acids is 2. The van der Waals surface area contributed by atoms with Gasteiger partial charge in [0.05, 0.1) is 12.7 Å². The second-order valence-corrected chi connectivity index (χ2v) is 11.5. The molecule has 0 bridgehead atoms. The number of nitrogens with zero attached hydrogens (tertiary/aromatic N) is 3. The molecule has 0 saturated carbocycles. The molecule has 1 N–H and O–H groups in total. The fourth-order valence-corrected chi connectivity index (χ4v) is 6.78. The number of halogens is 2. The predicted octanol–water partition coefficient (Wildman–Crippen LogP) is 6.90. The van der Waals surface area contributed by atoms with Crippen LogP contribution in [0.2, 0.25) is 0 Å². The van der Waals surface area contributed by atoms with E-state index in [1.54, 1.807) is 6.07 Å². The summed E-state index contributed by atoms with van der Waals surface area (Å²) >= 11 is 2.48. The summed E-state index contributed by atoms with van der Waals surface area (Å²) in [5.74, 6) is -3.70. The zero-order valence-corrected chi connectivity index (χ0v) is 23.6. The summed E-state index contributed by atoms with van der Waals surface area (Å²) < 4.78 is 35.1. The summed E-state index contributed by atoms with van der Waals surface area (Å²) in [6.07, 6.45) is 0. The number of amides is 1. The van der Waals surface area contributed by atoms with Crippen LogP contribution >= 0.6 is 23.1 Å². The van der Waals surface area contributed by atoms with Crippen LogP contribution in [0.5, 0.6) is 5.75 Å². The van der Waals surface area contributed by atoms with Crippen LogP contribution in [-0.4, -0.2) is 34.1 Å². The minimum atomic E-state index is -1.36. The van der Waals surface area contributed by atoms with Crippen molar-refractivity contribution in [3.8, 4) is 5.75 Å². The number of hydrogen-bond acceptors (Lipinski definition) is 8. The topological polar surface area (TPSA) is 92.6 Å². The van der Waals surface area contributed by atoms with Crippen LogP contribution in [0.1, 0.15) is 22.7 Å². The van der Waals surface area contributed by atoms with Crippen LogP contribution in [0, 0.1) is 11.6 Å². The van der Waals surface area contributed by atoms with E-state index in [1.165, 1.54) is 49.2 Å². The monoisotopic (exact) mass is 601 g/mol. The van der Waals surface area contributed by atoms with Crippen LogP contribution in [-0.2, 0) is 15.3 Å². The average molecular weight is 602 g/mol. The lowest BCUT2D eigenvalue weighted by atomic mass is 9.95. The molecule has 0 radical (unpaired) electrons. The average Bonchev–Trinajstić information content (AvgIpc) is 3.57. The van der Waals surface area contributed by atoms with E-state index in [0.29, 0.717) is 10.1 Å². The second-order valence-electron chi connectivity index (χ2n) is 9.32. The predicted molar refractivity (Wildman–Crippen MR) is 158 cm³/mol. The molecule has 1 fully saturated rings. The number of aliphatic hydroxyl groups is 1. The van der Waals surface area contributed by atoms with Gasteiger partial charge in [-0.1, -0.05) is 83.8 Å². The number of aliphatic hydroxyl groups excluding tert-OH is 1. The highest BCUT2D eigenvalue weighted by atomic mass is 32.2. The van der Waals surface area contributed by atoms with Crippen molar-refractivity contribution in [2.75, 3.05) is 12.0 Å². The molecule has 0 spiro atoms. The largest absolute Gasteiger partial charge is 0.507 e. The van der Waals surface area contributed by atoms with E-state index in [1.807, 2.05) is 42.5 Å². The van der Waals surface area contributed by atoms with Crippen molar-refractivity contribution in [2.24, 2.45) is 0 Å². The van der Waals surface area contributed by atoms with E-state index in [-0.39, 0.29) is 22.0 Å². The lowest BCUT2D eigenvalue weighted by Crippen LogP contribution is -2.29. The third-order valence-corrected chi connectivity index (χ3v) is 9.01. The number of methoxy groups -OCH3 is 1. The molecule has 6 rings (SSSR count). The highest BCUT2D eigenvalue weighted by Gasteiger charge is 2.49. The first-order valence-electron chi connectivity index (χ1n) is 12.7. The molecular formula is C31H21F2N3O4S2. The maximum Gasteiger partial charge on any atom is 0.301 e. The van der Waals surface area contributed by atoms with Crippen molar-refractivity contribution in [3.63, 3.8) is 0 Å². The first kappa shape index (κ1) is 27.6. The minimum absolute atomic E-state index is 0.0348. The van der Waals surface area contributed by atoms with Crippen LogP contribution < -0.4 is 9.64 Å². The van der Waals surface area contributed by atoms with E-state index in [2.05, 4.69) is 10.2 Å². The molecule has 7 nitrogen and oxygen atoms in total. The zero-order chi connectivity index (χ0) is 29.4. The molecule has 42 heavy (non-hydrogen) atoms. The Morgan fingerprint density at radius 2 is 1.74 bits per heavy atom. The molecule has 1 unspecified atom stereocenters. The molecule has 11 heteroatoms. The summed E-state index contributed by atoms with van der Waals surface area (Å²) in [5, 5.41) is 21.9. The van der Waals surface area contributed by atoms with Crippen molar-refractivity contribution in [1.82, 2.24) is 10.2 Å². The van der Waals surface area contributed by atoms with Crippen molar-refractivity contribution < 1.29 is 28.2 Å². The van der Waals surface area contributed by atoms with E-state index >= 15 is 4.39 Å². The lowest BCUT2D eigenvalue weighted by molar-refractivity contribution is -0.132. The molecule has 2 heterocycles. The van der Waals surface area contributed by atoms with Gasteiger partial charge in [-0.3, -0.25) is 14.5 Å². The number of Topliss-reactive ketones (excluding diaryl/α,β-unsaturated/α-hetero) is 1. The number of hydrogen-bond donors (Lipinski definition) is 1. The Kier molecular flexibility index (Phi) is 7.44. The number of anilines is 1. The van der Waals surface area contributed by atoms with Crippen LogP contribution in [0.25, 0.3) is 16.5 Å². The van der Waals surface area contributed by atoms with Gasteiger partial charge < -0.3 is 9.84 Å². The van der Waals surface area contributed by atoms with Gasteiger partial charge >= 0.3 is 5.91 Å². The van der Waals surface area contributed by atoms with Crippen LogP contribution in [0.4, 0.5) is 13.9 Å². The molecule has 0 aliphatic carbocycles. The number of benzene rings is 4. The first-order valence-corrected chi connectivity index (χ1v) is 14.5. The summed E-state index contributed by atoms with van der Waals surface area (Å²) in [5.41, 5.74) is 0.590. The molecular weight excluding hydrogens is 580 g/mol. The summed E-state index contributed by atoms with van der Waals surface area (Å²) in [6, 6.07) is 21.9. The molecule has 210 valence electrons. The number of ether oxygens (including phenoxy) is 1. The minimum Gasteiger partial charge on any atom is -0.507 e. The van der Waals surface area contributed by atoms with Crippen molar-refractivity contribution in [2.45, 2.75) is 16.1 Å². The highest BCUT2D eigenvalue weighted by molar-refractivity contribution is 8.00. The number of rotatable bonds is 7. The summed E-state index contributed by atoms with van der Waals surface area (Å²) in [7, 11) is 1.29. The van der Waals surface area contributed by atoms with Crippen molar-refractivity contribution in [1.29, 1.82) is 0 Å². The Labute approximate surface area is 247 Å². The number of fused-ring (bicyclic) bond motifs is 1. The number of carbonyl (C=O) groups is 2. The van der Waals surface area contributed by atoms with E-state index in [4.69, 9.17) is 4.74 Å². The third-order valence-electron chi connectivity index (χ3n) is 6.90. The Morgan fingerprint density at radius 3 is 2.52 bits per heavy atom. The van der Waals surface area contributed by atoms with Gasteiger partial charge in [-0.15, -0.1) is 10.2 Å². The molecule has 5 aromatic rings. The highest BCUT2D eigenvalue weighted by Crippen LogP contribution is 2.45. The Morgan fingerprint density at radius 1 is 0.976 bits per heavy atom. The first-order chi connectivity index (χ1) is 20.4. The molecule has 1 aliphatic heterocycles. The van der Waals surface area contributed by atoms with Crippen LogP contribution in [0.15, 0.2) is 94.8 Å². The quantitative estimate of drug-likeness (QED) is 0.0714. The zero-order valence-electron chi connectivity index (χ0n) is 22.0. The number of aromatic nitrogens is 2. The number of thioether (sulfide) groups is 1. The lowest BCUT2D eigenvalue weighted by Gasteiger charge is -2.22. The normalized spacial score (nSPS) is 16.4. The van der Waals surface area contributed by atoms with Gasteiger partial charge in [0.15, 0.2) is 15.9 Å².